The topological polar surface area (TPSA) is 58.8 Å². The number of hydrogen-bond acceptors (Lipinski definition) is 4. The Kier molecular flexibility index (Phi) is 3.47. The van der Waals surface area contributed by atoms with Crippen LogP contribution in [0.4, 0.5) is 0 Å². The maximum absolute atomic E-state index is 11.1. The van der Waals surface area contributed by atoms with Crippen LogP contribution in [0.1, 0.15) is 13.3 Å². The molecule has 0 aromatic rings. The Morgan fingerprint density at radius 2 is 1.94 bits per heavy atom. The van der Waals surface area contributed by atoms with Crippen LogP contribution in [0.5, 0.6) is 0 Å². The predicted molar refractivity (Wildman–Crippen MR) is 61.0 cm³/mol. The molecular formula is C11H21N3O2. The first kappa shape index (κ1) is 11.8. The number of ether oxygens (including phenoxy) is 1. The van der Waals surface area contributed by atoms with Crippen molar-refractivity contribution in [1.29, 1.82) is 0 Å². The summed E-state index contributed by atoms with van der Waals surface area (Å²) in [6.45, 7) is 7.68. The number of rotatable bonds is 3. The SMILES string of the molecule is CC(=O)N1CCN(CCC2(N)COC2)CC1. The van der Waals surface area contributed by atoms with Gasteiger partial charge in [-0.1, -0.05) is 0 Å². The monoisotopic (exact) mass is 227 g/mol. The molecule has 2 N–H and O–H groups in total. The first-order valence-electron chi connectivity index (χ1n) is 5.94. The fraction of sp³-hybridized carbons (Fsp3) is 0.909. The van der Waals surface area contributed by atoms with Gasteiger partial charge < -0.3 is 15.4 Å². The van der Waals surface area contributed by atoms with Gasteiger partial charge in [0, 0.05) is 39.6 Å². The Morgan fingerprint density at radius 1 is 1.31 bits per heavy atom. The normalized spacial score (nSPS) is 25.2. The summed E-state index contributed by atoms with van der Waals surface area (Å²) in [5.74, 6) is 0.183. The van der Waals surface area contributed by atoms with E-state index in [2.05, 4.69) is 4.90 Å². The van der Waals surface area contributed by atoms with Crippen LogP contribution in [-0.4, -0.2) is 67.2 Å². The molecule has 0 bridgehead atoms. The number of nitrogens with zero attached hydrogens (tertiary/aromatic N) is 2. The molecule has 1 amide bonds. The van der Waals surface area contributed by atoms with Crippen LogP contribution < -0.4 is 5.73 Å². The molecule has 2 heterocycles. The molecule has 2 aliphatic heterocycles. The zero-order valence-electron chi connectivity index (χ0n) is 9.95. The van der Waals surface area contributed by atoms with Crippen LogP contribution in [-0.2, 0) is 9.53 Å². The van der Waals surface area contributed by atoms with Gasteiger partial charge in [0.15, 0.2) is 0 Å². The second-order valence-electron chi connectivity index (χ2n) is 4.95. The zero-order valence-corrected chi connectivity index (χ0v) is 9.95. The van der Waals surface area contributed by atoms with Crippen molar-refractivity contribution in [1.82, 2.24) is 9.80 Å². The molecule has 0 spiro atoms. The number of carbonyl (C=O) groups is 1. The van der Waals surface area contributed by atoms with E-state index >= 15 is 0 Å². The van der Waals surface area contributed by atoms with Crippen LogP contribution in [0.25, 0.3) is 0 Å². The van der Waals surface area contributed by atoms with Crippen LogP contribution >= 0.6 is 0 Å². The first-order chi connectivity index (χ1) is 7.59. The highest BCUT2D eigenvalue weighted by Crippen LogP contribution is 2.18. The van der Waals surface area contributed by atoms with Crippen molar-refractivity contribution in [2.24, 2.45) is 5.73 Å². The van der Waals surface area contributed by atoms with Gasteiger partial charge >= 0.3 is 0 Å². The van der Waals surface area contributed by atoms with Gasteiger partial charge in [0.05, 0.1) is 18.8 Å². The molecule has 16 heavy (non-hydrogen) atoms. The van der Waals surface area contributed by atoms with Gasteiger partial charge in [0.25, 0.3) is 0 Å². The van der Waals surface area contributed by atoms with E-state index < -0.39 is 0 Å². The second-order valence-corrected chi connectivity index (χ2v) is 4.95. The van der Waals surface area contributed by atoms with E-state index in [9.17, 15) is 4.79 Å². The Hall–Kier alpha value is -0.650. The smallest absolute Gasteiger partial charge is 0.219 e. The van der Waals surface area contributed by atoms with Crippen molar-refractivity contribution in [2.75, 3.05) is 45.9 Å². The Bertz CT molecular complexity index is 258. The standard InChI is InChI=1S/C11H21N3O2/c1-10(15)14-6-4-13(5-7-14)3-2-11(12)8-16-9-11/h2-9,12H2,1H3. The molecule has 2 fully saturated rings. The van der Waals surface area contributed by atoms with Crippen molar-refractivity contribution in [3.05, 3.63) is 0 Å². The van der Waals surface area contributed by atoms with Gasteiger partial charge in [0.2, 0.25) is 5.91 Å². The van der Waals surface area contributed by atoms with Crippen LogP contribution in [0.3, 0.4) is 0 Å². The molecule has 5 heteroatoms. The third kappa shape index (κ3) is 2.72. The van der Waals surface area contributed by atoms with Crippen LogP contribution in [0.2, 0.25) is 0 Å². The molecule has 2 rings (SSSR count). The van der Waals surface area contributed by atoms with Crippen LogP contribution in [0, 0.1) is 0 Å². The Morgan fingerprint density at radius 3 is 2.38 bits per heavy atom. The van der Waals surface area contributed by atoms with E-state index in [4.69, 9.17) is 10.5 Å². The summed E-state index contributed by atoms with van der Waals surface area (Å²) in [5.41, 5.74) is 5.99. The second kappa shape index (κ2) is 4.69. The maximum Gasteiger partial charge on any atom is 0.219 e. The number of amides is 1. The molecule has 2 aliphatic rings. The highest BCUT2D eigenvalue weighted by Gasteiger charge is 2.34. The van der Waals surface area contributed by atoms with E-state index in [1.165, 1.54) is 0 Å². The molecule has 92 valence electrons. The minimum absolute atomic E-state index is 0.0856. The van der Waals surface area contributed by atoms with E-state index in [1.807, 2.05) is 4.90 Å². The van der Waals surface area contributed by atoms with E-state index in [0.717, 1.165) is 39.1 Å². The van der Waals surface area contributed by atoms with Gasteiger partial charge in [-0.3, -0.25) is 9.69 Å². The minimum Gasteiger partial charge on any atom is -0.377 e. The average Bonchev–Trinajstić information content (AvgIpc) is 2.24. The lowest BCUT2D eigenvalue weighted by molar-refractivity contribution is -0.130. The summed E-state index contributed by atoms with van der Waals surface area (Å²) < 4.78 is 5.13. The summed E-state index contributed by atoms with van der Waals surface area (Å²) >= 11 is 0. The molecular weight excluding hydrogens is 206 g/mol. The van der Waals surface area contributed by atoms with E-state index in [1.54, 1.807) is 6.92 Å². The van der Waals surface area contributed by atoms with Gasteiger partial charge in [-0.25, -0.2) is 0 Å². The van der Waals surface area contributed by atoms with Gasteiger partial charge in [0.1, 0.15) is 0 Å². The van der Waals surface area contributed by atoms with Gasteiger partial charge in [-0.2, -0.15) is 0 Å². The summed E-state index contributed by atoms with van der Waals surface area (Å²) in [5, 5.41) is 0. The number of piperazine rings is 1. The van der Waals surface area contributed by atoms with Gasteiger partial charge in [-0.05, 0) is 6.42 Å². The third-order valence-electron chi connectivity index (χ3n) is 3.52. The molecule has 0 atom stereocenters. The lowest BCUT2D eigenvalue weighted by Crippen LogP contribution is -2.59. The maximum atomic E-state index is 11.1. The van der Waals surface area contributed by atoms with Crippen LogP contribution in [0.15, 0.2) is 0 Å². The average molecular weight is 227 g/mol. The van der Waals surface area contributed by atoms with Crippen molar-refractivity contribution >= 4 is 5.91 Å². The quantitative estimate of drug-likeness (QED) is 0.690. The summed E-state index contributed by atoms with van der Waals surface area (Å²) in [6.07, 6.45) is 0.993. The van der Waals surface area contributed by atoms with Crippen molar-refractivity contribution in [3.8, 4) is 0 Å². The third-order valence-corrected chi connectivity index (χ3v) is 3.52. The molecule has 0 aliphatic carbocycles. The van der Waals surface area contributed by atoms with Crippen molar-refractivity contribution < 1.29 is 9.53 Å². The first-order valence-corrected chi connectivity index (χ1v) is 5.94. The molecule has 0 aromatic carbocycles. The van der Waals surface area contributed by atoms with E-state index in [-0.39, 0.29) is 11.4 Å². The fourth-order valence-corrected chi connectivity index (χ4v) is 2.18. The summed E-state index contributed by atoms with van der Waals surface area (Å²) in [6, 6.07) is 0. The number of hydrogen-bond donors (Lipinski definition) is 1. The lowest BCUT2D eigenvalue weighted by Gasteiger charge is -2.40. The Balaban J connectivity index is 1.67. The largest absolute Gasteiger partial charge is 0.377 e. The molecule has 0 aromatic heterocycles. The molecule has 0 radical (unpaired) electrons. The number of carbonyl (C=O) groups excluding carboxylic acids is 1. The highest BCUT2D eigenvalue weighted by molar-refractivity contribution is 5.73. The number of nitrogens with two attached hydrogens (primary N) is 1. The highest BCUT2D eigenvalue weighted by atomic mass is 16.5. The minimum atomic E-state index is -0.0856. The fourth-order valence-electron chi connectivity index (χ4n) is 2.18. The zero-order chi connectivity index (χ0) is 11.6. The molecule has 2 saturated heterocycles. The lowest BCUT2D eigenvalue weighted by atomic mass is 9.94. The molecule has 5 nitrogen and oxygen atoms in total. The predicted octanol–water partition coefficient (Wildman–Crippen LogP) is -0.732. The summed E-state index contributed by atoms with van der Waals surface area (Å²) in [4.78, 5) is 15.4. The summed E-state index contributed by atoms with van der Waals surface area (Å²) in [7, 11) is 0. The molecule has 0 unspecified atom stereocenters. The Labute approximate surface area is 96.5 Å². The van der Waals surface area contributed by atoms with Gasteiger partial charge in [-0.15, -0.1) is 0 Å². The van der Waals surface area contributed by atoms with E-state index in [0.29, 0.717) is 13.2 Å². The van der Waals surface area contributed by atoms with Crippen molar-refractivity contribution in [2.45, 2.75) is 18.9 Å². The van der Waals surface area contributed by atoms with Crippen molar-refractivity contribution in [3.63, 3.8) is 0 Å². The molecule has 0 saturated carbocycles.